The monoisotopic (exact) mass is 427 g/mol. The van der Waals surface area contributed by atoms with Crippen LogP contribution in [0.4, 0.5) is 0 Å². The number of nitrogens with zero attached hydrogens (tertiary/aromatic N) is 1. The average molecular weight is 428 g/mol. The number of nitrogens with one attached hydrogen (secondary N) is 2. The van der Waals surface area contributed by atoms with Crippen molar-refractivity contribution in [1.29, 1.82) is 0 Å². The third-order valence-electron chi connectivity index (χ3n) is 5.98. The van der Waals surface area contributed by atoms with Crippen LogP contribution in [0, 0.1) is 11.8 Å². The number of piperidine rings is 1. The van der Waals surface area contributed by atoms with Crippen LogP contribution >= 0.6 is 0 Å². The third kappa shape index (κ3) is 5.67. The summed E-state index contributed by atoms with van der Waals surface area (Å²) in [6.45, 7) is 5.41. The van der Waals surface area contributed by atoms with E-state index in [4.69, 9.17) is 9.15 Å². The molecule has 2 amide bonds. The minimum absolute atomic E-state index is 0.0506. The summed E-state index contributed by atoms with van der Waals surface area (Å²) in [7, 11) is 3.79. The molecule has 7 nitrogen and oxygen atoms in total. The fourth-order valence-electron chi connectivity index (χ4n) is 4.30. The summed E-state index contributed by atoms with van der Waals surface area (Å²) in [5, 5.41) is 5.89. The highest BCUT2D eigenvalue weighted by molar-refractivity contribution is 5.95. The Hall–Kier alpha value is -2.80. The lowest BCUT2D eigenvalue weighted by Crippen LogP contribution is -2.51. The number of benzene rings is 1. The van der Waals surface area contributed by atoms with Crippen molar-refractivity contribution in [3.8, 4) is 5.75 Å². The maximum atomic E-state index is 13.0. The molecule has 1 aromatic carbocycles. The van der Waals surface area contributed by atoms with E-state index in [1.54, 1.807) is 19.2 Å². The number of furan rings is 1. The lowest BCUT2D eigenvalue weighted by Gasteiger charge is -2.40. The lowest BCUT2D eigenvalue weighted by molar-refractivity contribution is -0.124. The Kier molecular flexibility index (Phi) is 7.74. The number of carbonyl (C=O) groups excluding carboxylic acids is 2. The van der Waals surface area contributed by atoms with Crippen molar-refractivity contribution >= 4 is 11.8 Å². The van der Waals surface area contributed by atoms with Gasteiger partial charge in [0, 0.05) is 12.6 Å². The van der Waals surface area contributed by atoms with Crippen molar-refractivity contribution in [1.82, 2.24) is 15.5 Å². The van der Waals surface area contributed by atoms with Gasteiger partial charge in [0.05, 0.1) is 13.4 Å². The van der Waals surface area contributed by atoms with Crippen molar-refractivity contribution in [2.75, 3.05) is 27.2 Å². The standard InChI is InChI=1S/C24H33N3O4/c1-16(2)21(26-23(28)20-8-6-14-31-20)24(29)25-15-18-7-5-13-27(3)22(18)17-9-11-19(30-4)12-10-17/h6,8-12,14,16,18,21-22H,5,7,13,15H2,1-4H3,(H,25,29)(H,26,28). The van der Waals surface area contributed by atoms with Gasteiger partial charge in [-0.15, -0.1) is 0 Å². The van der Waals surface area contributed by atoms with E-state index in [1.165, 1.54) is 11.8 Å². The number of hydrogen-bond acceptors (Lipinski definition) is 5. The molecular weight excluding hydrogens is 394 g/mol. The van der Waals surface area contributed by atoms with Gasteiger partial charge in [-0.05, 0) is 68.1 Å². The first-order chi connectivity index (χ1) is 14.9. The first-order valence-electron chi connectivity index (χ1n) is 10.9. The number of methoxy groups -OCH3 is 1. The topological polar surface area (TPSA) is 83.8 Å². The van der Waals surface area contributed by atoms with E-state index in [2.05, 4.69) is 34.7 Å². The van der Waals surface area contributed by atoms with Crippen molar-refractivity contribution in [2.24, 2.45) is 11.8 Å². The van der Waals surface area contributed by atoms with Crippen LogP contribution in [0.3, 0.4) is 0 Å². The smallest absolute Gasteiger partial charge is 0.287 e. The van der Waals surface area contributed by atoms with Crippen LogP contribution in [-0.2, 0) is 4.79 Å². The first-order valence-corrected chi connectivity index (χ1v) is 10.9. The predicted octanol–water partition coefficient (Wildman–Crippen LogP) is 3.24. The molecule has 0 aliphatic carbocycles. The molecule has 168 valence electrons. The molecular formula is C24H33N3O4. The second-order valence-corrected chi connectivity index (χ2v) is 8.52. The van der Waals surface area contributed by atoms with Gasteiger partial charge in [-0.1, -0.05) is 26.0 Å². The Morgan fingerprint density at radius 3 is 2.58 bits per heavy atom. The van der Waals surface area contributed by atoms with E-state index >= 15 is 0 Å². The number of rotatable bonds is 8. The van der Waals surface area contributed by atoms with E-state index in [-0.39, 0.29) is 35.5 Å². The molecule has 0 bridgehead atoms. The Morgan fingerprint density at radius 1 is 1.23 bits per heavy atom. The minimum atomic E-state index is -0.627. The zero-order valence-corrected chi connectivity index (χ0v) is 18.8. The number of likely N-dealkylation sites (tertiary alicyclic amines) is 1. The molecule has 1 fully saturated rings. The van der Waals surface area contributed by atoms with Crippen LogP contribution in [0.1, 0.15) is 48.8 Å². The molecule has 0 radical (unpaired) electrons. The molecule has 3 unspecified atom stereocenters. The van der Waals surface area contributed by atoms with Crippen LogP contribution in [0.15, 0.2) is 47.1 Å². The van der Waals surface area contributed by atoms with Crippen LogP contribution in [-0.4, -0.2) is 50.0 Å². The van der Waals surface area contributed by atoms with Gasteiger partial charge in [0.15, 0.2) is 5.76 Å². The van der Waals surface area contributed by atoms with E-state index in [0.717, 1.165) is 25.1 Å². The van der Waals surface area contributed by atoms with Crippen molar-refractivity contribution < 1.29 is 18.7 Å². The van der Waals surface area contributed by atoms with Gasteiger partial charge >= 0.3 is 0 Å². The second kappa shape index (κ2) is 10.5. The zero-order chi connectivity index (χ0) is 22.4. The Morgan fingerprint density at radius 2 is 1.97 bits per heavy atom. The summed E-state index contributed by atoms with van der Waals surface area (Å²) in [6, 6.07) is 11.0. The van der Waals surface area contributed by atoms with E-state index < -0.39 is 6.04 Å². The number of hydrogen-bond donors (Lipinski definition) is 2. The molecule has 2 heterocycles. The fraction of sp³-hybridized carbons (Fsp3) is 0.500. The number of amides is 2. The number of ether oxygens (including phenoxy) is 1. The van der Waals surface area contributed by atoms with E-state index in [0.29, 0.717) is 6.54 Å². The third-order valence-corrected chi connectivity index (χ3v) is 5.98. The molecule has 1 aliphatic rings. The molecule has 0 spiro atoms. The Balaban J connectivity index is 1.65. The summed E-state index contributed by atoms with van der Waals surface area (Å²) in [5.41, 5.74) is 1.22. The second-order valence-electron chi connectivity index (χ2n) is 8.52. The molecule has 2 aromatic rings. The Labute approximate surface area is 184 Å². The van der Waals surface area contributed by atoms with Gasteiger partial charge in [0.25, 0.3) is 5.91 Å². The highest BCUT2D eigenvalue weighted by Gasteiger charge is 2.32. The molecule has 31 heavy (non-hydrogen) atoms. The minimum Gasteiger partial charge on any atom is -0.497 e. The van der Waals surface area contributed by atoms with Gasteiger partial charge in [0.2, 0.25) is 5.91 Å². The van der Waals surface area contributed by atoms with Gasteiger partial charge in [-0.3, -0.25) is 14.5 Å². The molecule has 2 N–H and O–H groups in total. The zero-order valence-electron chi connectivity index (χ0n) is 18.8. The maximum absolute atomic E-state index is 13.0. The molecule has 0 saturated carbocycles. The number of carbonyl (C=O) groups is 2. The largest absolute Gasteiger partial charge is 0.497 e. The Bertz CT molecular complexity index is 848. The van der Waals surface area contributed by atoms with Crippen LogP contribution < -0.4 is 15.4 Å². The summed E-state index contributed by atoms with van der Waals surface area (Å²) in [6.07, 6.45) is 3.57. The molecule has 1 aromatic heterocycles. The maximum Gasteiger partial charge on any atom is 0.287 e. The van der Waals surface area contributed by atoms with Crippen molar-refractivity contribution in [2.45, 2.75) is 38.8 Å². The van der Waals surface area contributed by atoms with E-state index in [1.807, 2.05) is 26.0 Å². The van der Waals surface area contributed by atoms with Gasteiger partial charge in [-0.25, -0.2) is 0 Å². The SMILES string of the molecule is COc1ccc(C2C(CNC(=O)C(NC(=O)c3ccco3)C(C)C)CCCN2C)cc1. The van der Waals surface area contributed by atoms with Crippen LogP contribution in [0.2, 0.25) is 0 Å². The summed E-state index contributed by atoms with van der Waals surface area (Å²) < 4.78 is 10.4. The predicted molar refractivity (Wildman–Crippen MR) is 119 cm³/mol. The lowest BCUT2D eigenvalue weighted by atomic mass is 9.84. The summed E-state index contributed by atoms with van der Waals surface area (Å²) >= 11 is 0. The first kappa shape index (κ1) is 22.9. The van der Waals surface area contributed by atoms with E-state index in [9.17, 15) is 9.59 Å². The summed E-state index contributed by atoms with van der Waals surface area (Å²) in [5.74, 6) is 0.713. The van der Waals surface area contributed by atoms with Gasteiger partial charge in [0.1, 0.15) is 11.8 Å². The summed E-state index contributed by atoms with van der Waals surface area (Å²) in [4.78, 5) is 27.7. The molecule has 1 aliphatic heterocycles. The average Bonchev–Trinajstić information content (AvgIpc) is 3.31. The molecule has 1 saturated heterocycles. The fourth-order valence-corrected chi connectivity index (χ4v) is 4.30. The van der Waals surface area contributed by atoms with Crippen LogP contribution in [0.5, 0.6) is 5.75 Å². The van der Waals surface area contributed by atoms with Gasteiger partial charge in [-0.2, -0.15) is 0 Å². The highest BCUT2D eigenvalue weighted by atomic mass is 16.5. The van der Waals surface area contributed by atoms with Crippen LogP contribution in [0.25, 0.3) is 0 Å². The molecule has 3 atom stereocenters. The molecule has 7 heteroatoms. The normalized spacial score (nSPS) is 20.3. The quantitative estimate of drug-likeness (QED) is 0.676. The van der Waals surface area contributed by atoms with Crippen molar-refractivity contribution in [3.63, 3.8) is 0 Å². The molecule has 3 rings (SSSR count). The van der Waals surface area contributed by atoms with Gasteiger partial charge < -0.3 is 19.8 Å². The highest BCUT2D eigenvalue weighted by Crippen LogP contribution is 2.35. The van der Waals surface area contributed by atoms with Crippen molar-refractivity contribution in [3.05, 3.63) is 54.0 Å².